The van der Waals surface area contributed by atoms with Crippen LogP contribution in [0.3, 0.4) is 0 Å². The fourth-order valence-corrected chi connectivity index (χ4v) is 2.15. The lowest BCUT2D eigenvalue weighted by Gasteiger charge is -2.24. The maximum atomic E-state index is 12.4. The Labute approximate surface area is 187 Å². The SMILES string of the molecule is C=C(C)C(=O)OCCOC(=O)C(=CC=CN1CCOCC1)C(=O)OCCOC(=O)C(=C)C. The second-order valence-electron chi connectivity index (χ2n) is 6.67. The number of hydrogen-bond acceptors (Lipinski definition) is 10. The summed E-state index contributed by atoms with van der Waals surface area (Å²) in [6, 6.07) is 0. The highest BCUT2D eigenvalue weighted by Crippen LogP contribution is 2.05. The van der Waals surface area contributed by atoms with Gasteiger partial charge in [0.2, 0.25) is 0 Å². The Morgan fingerprint density at radius 3 is 1.59 bits per heavy atom. The number of carbonyl (C=O) groups is 4. The summed E-state index contributed by atoms with van der Waals surface area (Å²) < 4.78 is 24.9. The van der Waals surface area contributed by atoms with E-state index in [1.165, 1.54) is 26.0 Å². The Balaban J connectivity index is 2.67. The van der Waals surface area contributed by atoms with Crippen LogP contribution in [-0.2, 0) is 42.9 Å². The molecule has 176 valence electrons. The van der Waals surface area contributed by atoms with Crippen LogP contribution in [0.1, 0.15) is 13.8 Å². The Morgan fingerprint density at radius 2 is 1.19 bits per heavy atom. The predicted molar refractivity (Wildman–Crippen MR) is 113 cm³/mol. The van der Waals surface area contributed by atoms with Crippen LogP contribution >= 0.6 is 0 Å². The largest absolute Gasteiger partial charge is 0.459 e. The van der Waals surface area contributed by atoms with Crippen molar-refractivity contribution in [3.05, 3.63) is 48.2 Å². The molecule has 0 spiro atoms. The number of nitrogens with zero attached hydrogens (tertiary/aromatic N) is 1. The first kappa shape index (κ1) is 26.6. The Kier molecular flexibility index (Phi) is 12.1. The van der Waals surface area contributed by atoms with Gasteiger partial charge >= 0.3 is 23.9 Å². The van der Waals surface area contributed by atoms with Crippen molar-refractivity contribution in [3.63, 3.8) is 0 Å². The third kappa shape index (κ3) is 10.6. The van der Waals surface area contributed by atoms with E-state index in [0.29, 0.717) is 26.3 Å². The molecular formula is C22H29NO9. The van der Waals surface area contributed by atoms with Crippen LogP contribution < -0.4 is 0 Å². The minimum absolute atomic E-state index is 0.194. The zero-order valence-electron chi connectivity index (χ0n) is 18.4. The van der Waals surface area contributed by atoms with Crippen molar-refractivity contribution in [3.8, 4) is 0 Å². The number of morpholine rings is 1. The molecule has 0 N–H and O–H groups in total. The van der Waals surface area contributed by atoms with Crippen LogP contribution in [0, 0.1) is 0 Å². The number of hydrogen-bond donors (Lipinski definition) is 0. The molecule has 0 unspecified atom stereocenters. The fourth-order valence-electron chi connectivity index (χ4n) is 2.15. The van der Waals surface area contributed by atoms with Crippen molar-refractivity contribution in [1.82, 2.24) is 4.90 Å². The summed E-state index contributed by atoms with van der Waals surface area (Å²) in [6.45, 7) is 11.5. The third-order valence-corrected chi connectivity index (χ3v) is 3.84. The minimum atomic E-state index is -0.952. The quantitative estimate of drug-likeness (QED) is 0.0811. The van der Waals surface area contributed by atoms with E-state index >= 15 is 0 Å². The molecular weight excluding hydrogens is 422 g/mol. The fraction of sp³-hybridized carbons (Fsp3) is 0.455. The van der Waals surface area contributed by atoms with Gasteiger partial charge in [-0.25, -0.2) is 19.2 Å². The van der Waals surface area contributed by atoms with Crippen LogP contribution in [0.15, 0.2) is 48.2 Å². The molecule has 0 aromatic heterocycles. The zero-order chi connectivity index (χ0) is 23.9. The molecule has 10 nitrogen and oxygen atoms in total. The molecule has 0 radical (unpaired) electrons. The normalized spacial score (nSPS) is 13.1. The summed E-state index contributed by atoms with van der Waals surface area (Å²) in [4.78, 5) is 49.4. The third-order valence-electron chi connectivity index (χ3n) is 3.84. The van der Waals surface area contributed by atoms with Crippen molar-refractivity contribution in [1.29, 1.82) is 0 Å². The van der Waals surface area contributed by atoms with E-state index in [1.807, 2.05) is 4.90 Å². The van der Waals surface area contributed by atoms with Crippen molar-refractivity contribution in [2.24, 2.45) is 0 Å². The van der Waals surface area contributed by atoms with Gasteiger partial charge in [-0.1, -0.05) is 13.2 Å². The lowest BCUT2D eigenvalue weighted by molar-refractivity contribution is -0.153. The van der Waals surface area contributed by atoms with Gasteiger partial charge in [0.15, 0.2) is 0 Å². The summed E-state index contributed by atoms with van der Waals surface area (Å²) in [5, 5.41) is 0. The Morgan fingerprint density at radius 1 is 0.781 bits per heavy atom. The smallest absolute Gasteiger partial charge is 0.345 e. The van der Waals surface area contributed by atoms with Gasteiger partial charge in [-0.3, -0.25) is 0 Å². The van der Waals surface area contributed by atoms with Gasteiger partial charge in [0.05, 0.1) is 13.2 Å². The van der Waals surface area contributed by atoms with Crippen LogP contribution in [-0.4, -0.2) is 81.5 Å². The van der Waals surface area contributed by atoms with E-state index in [4.69, 9.17) is 23.7 Å². The van der Waals surface area contributed by atoms with E-state index in [1.54, 1.807) is 6.20 Å². The average Bonchev–Trinajstić information content (AvgIpc) is 2.77. The molecule has 10 heteroatoms. The molecule has 1 saturated heterocycles. The van der Waals surface area contributed by atoms with Crippen LogP contribution in [0.2, 0.25) is 0 Å². The van der Waals surface area contributed by atoms with Gasteiger partial charge < -0.3 is 28.6 Å². The maximum absolute atomic E-state index is 12.4. The molecule has 0 aliphatic carbocycles. The van der Waals surface area contributed by atoms with Gasteiger partial charge in [0, 0.05) is 24.2 Å². The number of esters is 4. The second kappa shape index (κ2) is 14.6. The highest BCUT2D eigenvalue weighted by atomic mass is 16.6. The highest BCUT2D eigenvalue weighted by Gasteiger charge is 2.21. The van der Waals surface area contributed by atoms with Crippen LogP contribution in [0.4, 0.5) is 0 Å². The molecule has 1 aliphatic rings. The van der Waals surface area contributed by atoms with Gasteiger partial charge in [-0.2, -0.15) is 0 Å². The highest BCUT2D eigenvalue weighted by molar-refractivity contribution is 6.14. The van der Waals surface area contributed by atoms with Gasteiger partial charge in [0.1, 0.15) is 32.0 Å². The standard InChI is InChI=1S/C22H29NO9/c1-16(2)19(24)29-12-14-31-21(26)18(6-5-7-23-8-10-28-11-9-23)22(27)32-15-13-30-20(25)17(3)4/h5-7H,1,3,8-15H2,2,4H3. The number of carbonyl (C=O) groups excluding carboxylic acids is 4. The monoisotopic (exact) mass is 451 g/mol. The molecule has 0 saturated carbocycles. The van der Waals surface area contributed by atoms with Crippen LogP contribution in [0.25, 0.3) is 0 Å². The molecule has 0 aromatic rings. The second-order valence-corrected chi connectivity index (χ2v) is 6.67. The topological polar surface area (TPSA) is 118 Å². The first-order chi connectivity index (χ1) is 15.2. The van der Waals surface area contributed by atoms with E-state index < -0.39 is 23.9 Å². The van der Waals surface area contributed by atoms with Crippen molar-refractivity contribution < 1.29 is 42.9 Å². The predicted octanol–water partition coefficient (Wildman–Crippen LogP) is 1.08. The van der Waals surface area contributed by atoms with E-state index in [9.17, 15) is 19.2 Å². The summed E-state index contributed by atoms with van der Waals surface area (Å²) in [5.74, 6) is -3.14. The molecule has 32 heavy (non-hydrogen) atoms. The van der Waals surface area contributed by atoms with Gasteiger partial charge in [-0.15, -0.1) is 0 Å². The van der Waals surface area contributed by atoms with E-state index in [2.05, 4.69) is 13.2 Å². The molecule has 1 heterocycles. The molecule has 1 rings (SSSR count). The molecule has 0 amide bonds. The van der Waals surface area contributed by atoms with Crippen LogP contribution in [0.5, 0.6) is 0 Å². The summed E-state index contributed by atoms with van der Waals surface area (Å²) in [7, 11) is 0. The van der Waals surface area contributed by atoms with E-state index in [-0.39, 0.29) is 43.1 Å². The van der Waals surface area contributed by atoms with E-state index in [0.717, 1.165) is 0 Å². The first-order valence-corrected chi connectivity index (χ1v) is 9.92. The number of ether oxygens (including phenoxy) is 5. The molecule has 0 atom stereocenters. The van der Waals surface area contributed by atoms with Crippen molar-refractivity contribution >= 4 is 23.9 Å². The lowest BCUT2D eigenvalue weighted by Crippen LogP contribution is -2.31. The zero-order valence-corrected chi connectivity index (χ0v) is 18.4. The van der Waals surface area contributed by atoms with Gasteiger partial charge in [0.25, 0.3) is 0 Å². The summed E-state index contributed by atoms with van der Waals surface area (Å²) >= 11 is 0. The lowest BCUT2D eigenvalue weighted by atomic mass is 10.2. The Hall–Kier alpha value is -3.40. The molecule has 1 fully saturated rings. The Bertz CT molecular complexity index is 728. The first-order valence-electron chi connectivity index (χ1n) is 9.92. The number of rotatable bonds is 12. The molecule has 0 aromatic carbocycles. The molecule has 0 bridgehead atoms. The maximum Gasteiger partial charge on any atom is 0.345 e. The van der Waals surface area contributed by atoms with Crippen molar-refractivity contribution in [2.75, 3.05) is 52.7 Å². The van der Waals surface area contributed by atoms with Crippen molar-refractivity contribution in [2.45, 2.75) is 13.8 Å². The minimum Gasteiger partial charge on any atom is -0.459 e. The summed E-state index contributed by atoms with van der Waals surface area (Å²) in [5.41, 5.74) is 0.0501. The number of allylic oxidation sites excluding steroid dienone is 2. The molecule has 1 aliphatic heterocycles. The average molecular weight is 451 g/mol. The van der Waals surface area contributed by atoms with Gasteiger partial charge in [-0.05, 0) is 32.2 Å². The summed E-state index contributed by atoms with van der Waals surface area (Å²) in [6.07, 6.45) is 4.50.